The van der Waals surface area contributed by atoms with Gasteiger partial charge in [-0.1, -0.05) is 27.2 Å². The van der Waals surface area contributed by atoms with Crippen molar-refractivity contribution in [2.24, 2.45) is 5.92 Å². The third kappa shape index (κ3) is 4.35. The van der Waals surface area contributed by atoms with Gasteiger partial charge in [-0.2, -0.15) is 4.31 Å². The fourth-order valence-electron chi connectivity index (χ4n) is 2.01. The molecule has 0 bridgehead atoms. The first kappa shape index (κ1) is 17.8. The standard InChI is InChI=1S/C15H26N2O3S/c1-5-12(4)11-17(6-2)21(18,19)15-10-13(16)8-9-14(15)20-7-3/h8-10,12H,5-7,11,16H2,1-4H3. The quantitative estimate of drug-likeness (QED) is 0.749. The van der Waals surface area contributed by atoms with E-state index in [1.165, 1.54) is 10.4 Å². The topological polar surface area (TPSA) is 72.6 Å². The average Bonchev–Trinajstić information content (AvgIpc) is 2.46. The van der Waals surface area contributed by atoms with Crippen LogP contribution in [0.2, 0.25) is 0 Å². The first-order valence-corrected chi connectivity index (χ1v) is 8.83. The SMILES string of the molecule is CCOc1ccc(N)cc1S(=O)(=O)N(CC)CC(C)CC. The molecule has 0 aliphatic rings. The van der Waals surface area contributed by atoms with Gasteiger partial charge >= 0.3 is 0 Å². The number of nitrogens with two attached hydrogens (primary N) is 1. The fraction of sp³-hybridized carbons (Fsp3) is 0.600. The molecule has 1 aromatic carbocycles. The zero-order chi connectivity index (χ0) is 16.0. The molecule has 1 aromatic rings. The van der Waals surface area contributed by atoms with Gasteiger partial charge in [-0.3, -0.25) is 0 Å². The lowest BCUT2D eigenvalue weighted by atomic mass is 10.1. The van der Waals surface area contributed by atoms with E-state index in [-0.39, 0.29) is 4.90 Å². The molecular formula is C15H26N2O3S. The summed E-state index contributed by atoms with van der Waals surface area (Å²) in [5, 5.41) is 0. The van der Waals surface area contributed by atoms with Crippen molar-refractivity contribution >= 4 is 15.7 Å². The molecule has 0 aromatic heterocycles. The summed E-state index contributed by atoms with van der Waals surface area (Å²) >= 11 is 0. The van der Waals surface area contributed by atoms with Crippen molar-refractivity contribution < 1.29 is 13.2 Å². The molecule has 0 aliphatic carbocycles. The second-order valence-electron chi connectivity index (χ2n) is 5.11. The summed E-state index contributed by atoms with van der Waals surface area (Å²) in [4.78, 5) is 0.148. The molecule has 120 valence electrons. The minimum absolute atomic E-state index is 0.148. The number of nitrogens with zero attached hydrogens (tertiary/aromatic N) is 1. The molecule has 0 saturated heterocycles. The summed E-state index contributed by atoms with van der Waals surface area (Å²) in [6.45, 7) is 9.08. The highest BCUT2D eigenvalue weighted by atomic mass is 32.2. The highest BCUT2D eigenvalue weighted by Gasteiger charge is 2.27. The smallest absolute Gasteiger partial charge is 0.246 e. The summed E-state index contributed by atoms with van der Waals surface area (Å²) in [7, 11) is -3.60. The Morgan fingerprint density at radius 2 is 1.95 bits per heavy atom. The number of nitrogen functional groups attached to an aromatic ring is 1. The summed E-state index contributed by atoms with van der Waals surface area (Å²) in [6, 6.07) is 4.73. The van der Waals surface area contributed by atoms with E-state index in [4.69, 9.17) is 10.5 Å². The van der Waals surface area contributed by atoms with E-state index in [0.29, 0.717) is 37.1 Å². The lowest BCUT2D eigenvalue weighted by Crippen LogP contribution is -2.34. The monoisotopic (exact) mass is 314 g/mol. The van der Waals surface area contributed by atoms with E-state index in [9.17, 15) is 8.42 Å². The molecule has 6 heteroatoms. The van der Waals surface area contributed by atoms with Crippen LogP contribution < -0.4 is 10.5 Å². The van der Waals surface area contributed by atoms with E-state index < -0.39 is 10.0 Å². The number of anilines is 1. The van der Waals surface area contributed by atoms with Crippen molar-refractivity contribution in [3.8, 4) is 5.75 Å². The molecule has 0 saturated carbocycles. The first-order chi connectivity index (χ1) is 9.86. The van der Waals surface area contributed by atoms with Crippen molar-refractivity contribution in [2.45, 2.75) is 39.0 Å². The van der Waals surface area contributed by atoms with Gasteiger partial charge in [0.25, 0.3) is 0 Å². The molecule has 0 heterocycles. The molecule has 0 radical (unpaired) electrons. The molecule has 0 fully saturated rings. The van der Waals surface area contributed by atoms with Crippen LogP contribution in [-0.4, -0.2) is 32.4 Å². The number of hydrogen-bond acceptors (Lipinski definition) is 4. The second-order valence-corrected chi connectivity index (χ2v) is 7.01. The Bertz CT molecular complexity index is 558. The second kappa shape index (κ2) is 7.66. The molecule has 1 rings (SSSR count). The van der Waals surface area contributed by atoms with Crippen molar-refractivity contribution in [1.82, 2.24) is 4.31 Å². The molecule has 0 amide bonds. The predicted octanol–water partition coefficient (Wildman–Crippen LogP) is 2.72. The molecule has 21 heavy (non-hydrogen) atoms. The van der Waals surface area contributed by atoms with Crippen LogP contribution in [0.25, 0.3) is 0 Å². The van der Waals surface area contributed by atoms with E-state index in [1.807, 2.05) is 20.8 Å². The van der Waals surface area contributed by atoms with Gasteiger partial charge in [0, 0.05) is 18.8 Å². The van der Waals surface area contributed by atoms with Crippen molar-refractivity contribution in [1.29, 1.82) is 0 Å². The minimum Gasteiger partial charge on any atom is -0.492 e. The highest BCUT2D eigenvalue weighted by molar-refractivity contribution is 7.89. The zero-order valence-corrected chi connectivity index (χ0v) is 14.1. The largest absolute Gasteiger partial charge is 0.492 e. The van der Waals surface area contributed by atoms with Crippen LogP contribution in [0.5, 0.6) is 5.75 Å². The van der Waals surface area contributed by atoms with E-state index in [0.717, 1.165) is 6.42 Å². The normalized spacial score (nSPS) is 13.4. The third-order valence-electron chi connectivity index (χ3n) is 3.45. The maximum absolute atomic E-state index is 12.9. The molecule has 1 unspecified atom stereocenters. The fourth-order valence-corrected chi connectivity index (χ4v) is 3.75. The summed E-state index contributed by atoms with van der Waals surface area (Å²) in [5.41, 5.74) is 6.16. The highest BCUT2D eigenvalue weighted by Crippen LogP contribution is 2.29. The average molecular weight is 314 g/mol. The van der Waals surface area contributed by atoms with Crippen LogP contribution in [0.15, 0.2) is 23.1 Å². The Kier molecular flexibility index (Phi) is 6.48. The van der Waals surface area contributed by atoms with Gasteiger partial charge in [-0.15, -0.1) is 0 Å². The summed E-state index contributed by atoms with van der Waals surface area (Å²) in [6.07, 6.45) is 0.932. The molecular weight excluding hydrogens is 288 g/mol. The van der Waals surface area contributed by atoms with Crippen LogP contribution in [0, 0.1) is 5.92 Å². The molecule has 5 nitrogen and oxygen atoms in total. The Balaban J connectivity index is 3.24. The maximum atomic E-state index is 12.9. The van der Waals surface area contributed by atoms with Gasteiger partial charge in [-0.05, 0) is 31.0 Å². The number of hydrogen-bond donors (Lipinski definition) is 1. The van der Waals surface area contributed by atoms with Gasteiger partial charge < -0.3 is 10.5 Å². The summed E-state index contributed by atoms with van der Waals surface area (Å²) in [5.74, 6) is 0.658. The molecule has 0 aliphatic heterocycles. The zero-order valence-electron chi connectivity index (χ0n) is 13.3. The third-order valence-corrected chi connectivity index (χ3v) is 5.41. The Hall–Kier alpha value is -1.27. The minimum atomic E-state index is -3.60. The van der Waals surface area contributed by atoms with Crippen molar-refractivity contribution in [3.05, 3.63) is 18.2 Å². The van der Waals surface area contributed by atoms with Crippen LogP contribution in [0.3, 0.4) is 0 Å². The molecule has 1 atom stereocenters. The van der Waals surface area contributed by atoms with Crippen molar-refractivity contribution in [3.63, 3.8) is 0 Å². The van der Waals surface area contributed by atoms with Crippen LogP contribution >= 0.6 is 0 Å². The lowest BCUT2D eigenvalue weighted by molar-refractivity contribution is 0.326. The predicted molar refractivity (Wildman–Crippen MR) is 85.9 cm³/mol. The van der Waals surface area contributed by atoms with Crippen LogP contribution in [0.1, 0.15) is 34.1 Å². The van der Waals surface area contributed by atoms with Crippen LogP contribution in [-0.2, 0) is 10.0 Å². The maximum Gasteiger partial charge on any atom is 0.246 e. The lowest BCUT2D eigenvalue weighted by Gasteiger charge is -2.24. The van der Waals surface area contributed by atoms with E-state index >= 15 is 0 Å². The van der Waals surface area contributed by atoms with Gasteiger partial charge in [-0.25, -0.2) is 8.42 Å². The van der Waals surface area contributed by atoms with Gasteiger partial charge in [0.15, 0.2) is 0 Å². The van der Waals surface area contributed by atoms with E-state index in [1.54, 1.807) is 12.1 Å². The molecule has 0 spiro atoms. The van der Waals surface area contributed by atoms with Crippen molar-refractivity contribution in [2.75, 3.05) is 25.4 Å². The number of rotatable bonds is 8. The van der Waals surface area contributed by atoms with Gasteiger partial charge in [0.2, 0.25) is 10.0 Å². The first-order valence-electron chi connectivity index (χ1n) is 7.39. The number of ether oxygens (including phenoxy) is 1. The number of sulfonamides is 1. The van der Waals surface area contributed by atoms with Gasteiger partial charge in [0.05, 0.1) is 6.61 Å². The summed E-state index contributed by atoms with van der Waals surface area (Å²) < 4.78 is 32.6. The Morgan fingerprint density at radius 1 is 1.29 bits per heavy atom. The Labute approximate surface area is 128 Å². The van der Waals surface area contributed by atoms with E-state index in [2.05, 4.69) is 6.92 Å². The molecule has 2 N–H and O–H groups in total. The number of benzene rings is 1. The Morgan fingerprint density at radius 3 is 2.48 bits per heavy atom. The van der Waals surface area contributed by atoms with Crippen LogP contribution in [0.4, 0.5) is 5.69 Å². The van der Waals surface area contributed by atoms with Gasteiger partial charge in [0.1, 0.15) is 10.6 Å².